The number of carbonyl (C=O) groups excluding carboxylic acids is 1. The van der Waals surface area contributed by atoms with Crippen molar-refractivity contribution in [3.05, 3.63) is 64.0 Å². The highest BCUT2D eigenvalue weighted by atomic mass is 79.9. The smallest absolute Gasteiger partial charge is 0.211 e. The molecule has 0 radical (unpaired) electrons. The molecule has 5 heteroatoms. The number of imidazole rings is 1. The van der Waals surface area contributed by atoms with E-state index in [1.807, 2.05) is 35.7 Å². The van der Waals surface area contributed by atoms with Crippen molar-refractivity contribution in [3.63, 3.8) is 0 Å². The molecule has 0 unspecified atom stereocenters. The molecule has 2 aromatic heterocycles. The lowest BCUT2D eigenvalue weighted by molar-refractivity contribution is 0.103. The van der Waals surface area contributed by atoms with Crippen molar-refractivity contribution >= 4 is 27.4 Å². The summed E-state index contributed by atoms with van der Waals surface area (Å²) in [4.78, 5) is 17.5. The van der Waals surface area contributed by atoms with E-state index in [2.05, 4.69) is 20.9 Å². The first-order chi connectivity index (χ1) is 10.7. The fourth-order valence-electron chi connectivity index (χ4n) is 2.48. The fourth-order valence-corrected chi connectivity index (χ4v) is 3.02. The maximum atomic E-state index is 12.9. The first-order valence-electron chi connectivity index (χ1n) is 7.00. The van der Waals surface area contributed by atoms with Crippen LogP contribution in [0.4, 0.5) is 0 Å². The van der Waals surface area contributed by atoms with E-state index in [9.17, 15) is 4.79 Å². The molecule has 0 aliphatic carbocycles. The van der Waals surface area contributed by atoms with Crippen molar-refractivity contribution < 1.29 is 9.53 Å². The van der Waals surface area contributed by atoms with Crippen LogP contribution in [0.5, 0.6) is 5.75 Å². The van der Waals surface area contributed by atoms with Crippen LogP contribution >= 0.6 is 15.9 Å². The van der Waals surface area contributed by atoms with Crippen molar-refractivity contribution in [1.82, 2.24) is 9.38 Å². The molecule has 112 valence electrons. The van der Waals surface area contributed by atoms with Gasteiger partial charge in [-0.3, -0.25) is 9.20 Å². The Morgan fingerprint density at radius 2 is 2.14 bits per heavy atom. The van der Waals surface area contributed by atoms with Gasteiger partial charge in [0, 0.05) is 11.8 Å². The number of carbonyl (C=O) groups is 1. The number of ether oxygens (including phenoxy) is 1. The van der Waals surface area contributed by atoms with Gasteiger partial charge in [-0.05, 0) is 52.7 Å². The molecule has 0 N–H and O–H groups in total. The van der Waals surface area contributed by atoms with Gasteiger partial charge in [-0.25, -0.2) is 4.98 Å². The highest BCUT2D eigenvalue weighted by Crippen LogP contribution is 2.27. The first-order valence-corrected chi connectivity index (χ1v) is 7.79. The Bertz CT molecular complexity index is 855. The molecule has 2 heterocycles. The van der Waals surface area contributed by atoms with Gasteiger partial charge < -0.3 is 4.74 Å². The van der Waals surface area contributed by atoms with Crippen LogP contribution < -0.4 is 4.74 Å². The Morgan fingerprint density at radius 3 is 2.82 bits per heavy atom. The van der Waals surface area contributed by atoms with Crippen molar-refractivity contribution in [2.24, 2.45) is 0 Å². The molecular formula is C17H15BrN2O2. The molecule has 0 amide bonds. The summed E-state index contributed by atoms with van der Waals surface area (Å²) in [6, 6.07) is 11.1. The van der Waals surface area contributed by atoms with Gasteiger partial charge in [0.1, 0.15) is 17.1 Å². The van der Waals surface area contributed by atoms with E-state index in [1.165, 1.54) is 0 Å². The minimum absolute atomic E-state index is 0.0427. The molecule has 3 rings (SSSR count). The molecule has 0 aliphatic rings. The molecule has 0 saturated carbocycles. The number of benzene rings is 1. The van der Waals surface area contributed by atoms with E-state index in [0.717, 1.165) is 15.8 Å². The van der Waals surface area contributed by atoms with Crippen molar-refractivity contribution in [1.29, 1.82) is 0 Å². The average molecular weight is 359 g/mol. The SMILES string of the molecule is CCc1nc2ccccn2c1C(=O)c1ccc(OC)c(Br)c1. The summed E-state index contributed by atoms with van der Waals surface area (Å²) in [6.07, 6.45) is 2.58. The number of ketones is 1. The van der Waals surface area contributed by atoms with Gasteiger partial charge in [-0.2, -0.15) is 0 Å². The van der Waals surface area contributed by atoms with Gasteiger partial charge in [0.2, 0.25) is 5.78 Å². The second-order valence-electron chi connectivity index (χ2n) is 4.87. The Kier molecular flexibility index (Phi) is 3.98. The Balaban J connectivity index is 2.14. The largest absolute Gasteiger partial charge is 0.496 e. The summed E-state index contributed by atoms with van der Waals surface area (Å²) >= 11 is 3.42. The Labute approximate surface area is 136 Å². The van der Waals surface area contributed by atoms with Crippen LogP contribution in [0, 0.1) is 0 Å². The van der Waals surface area contributed by atoms with Gasteiger partial charge >= 0.3 is 0 Å². The summed E-state index contributed by atoms with van der Waals surface area (Å²) in [7, 11) is 1.60. The Morgan fingerprint density at radius 1 is 1.32 bits per heavy atom. The van der Waals surface area contributed by atoms with Crippen LogP contribution in [-0.4, -0.2) is 22.3 Å². The lowest BCUT2D eigenvalue weighted by atomic mass is 10.1. The minimum Gasteiger partial charge on any atom is -0.496 e. The number of halogens is 1. The van der Waals surface area contributed by atoms with Crippen molar-refractivity contribution in [2.45, 2.75) is 13.3 Å². The van der Waals surface area contributed by atoms with E-state index >= 15 is 0 Å². The predicted molar refractivity (Wildman–Crippen MR) is 88.7 cm³/mol. The average Bonchev–Trinajstić information content (AvgIpc) is 2.92. The van der Waals surface area contributed by atoms with Gasteiger partial charge in [0.05, 0.1) is 17.3 Å². The summed E-state index contributed by atoms with van der Waals surface area (Å²) in [5, 5.41) is 0. The third-order valence-corrected chi connectivity index (χ3v) is 4.19. The number of nitrogens with zero attached hydrogens (tertiary/aromatic N) is 2. The van der Waals surface area contributed by atoms with Gasteiger partial charge in [-0.15, -0.1) is 0 Å². The molecule has 0 spiro atoms. The first kappa shape index (κ1) is 14.8. The van der Waals surface area contributed by atoms with E-state index < -0.39 is 0 Å². The summed E-state index contributed by atoms with van der Waals surface area (Å²) in [6.45, 7) is 2.00. The third-order valence-electron chi connectivity index (χ3n) is 3.57. The molecule has 0 bridgehead atoms. The Hall–Kier alpha value is -2.14. The van der Waals surface area contributed by atoms with Crippen molar-refractivity contribution in [3.8, 4) is 5.75 Å². The lowest BCUT2D eigenvalue weighted by Crippen LogP contribution is -2.08. The molecule has 4 nitrogen and oxygen atoms in total. The van der Waals surface area contributed by atoms with E-state index in [0.29, 0.717) is 23.4 Å². The molecule has 0 atom stereocenters. The normalized spacial score (nSPS) is 10.9. The molecular weight excluding hydrogens is 344 g/mol. The second kappa shape index (κ2) is 5.93. The number of hydrogen-bond acceptors (Lipinski definition) is 3. The quantitative estimate of drug-likeness (QED) is 0.664. The van der Waals surface area contributed by atoms with E-state index in [4.69, 9.17) is 4.74 Å². The number of aromatic nitrogens is 2. The molecule has 22 heavy (non-hydrogen) atoms. The monoisotopic (exact) mass is 358 g/mol. The van der Waals surface area contributed by atoms with Gasteiger partial charge in [0.15, 0.2) is 0 Å². The lowest BCUT2D eigenvalue weighted by Gasteiger charge is -2.07. The molecule has 0 saturated heterocycles. The number of rotatable bonds is 4. The molecule has 0 aliphatic heterocycles. The van der Waals surface area contributed by atoms with Crippen LogP contribution in [0.2, 0.25) is 0 Å². The molecule has 1 aromatic carbocycles. The third kappa shape index (κ3) is 2.41. The number of hydrogen-bond donors (Lipinski definition) is 0. The van der Waals surface area contributed by atoms with E-state index in [1.54, 1.807) is 25.3 Å². The van der Waals surface area contributed by atoms with Crippen molar-refractivity contribution in [2.75, 3.05) is 7.11 Å². The maximum Gasteiger partial charge on any atom is 0.211 e. The zero-order valence-corrected chi connectivity index (χ0v) is 13.9. The highest BCUT2D eigenvalue weighted by molar-refractivity contribution is 9.10. The number of aryl methyl sites for hydroxylation is 1. The summed E-state index contributed by atoms with van der Waals surface area (Å²) in [5.74, 6) is 0.657. The number of pyridine rings is 1. The van der Waals surface area contributed by atoms with Crippen LogP contribution in [0.3, 0.4) is 0 Å². The maximum absolute atomic E-state index is 12.9. The fraction of sp³-hybridized carbons (Fsp3) is 0.176. The topological polar surface area (TPSA) is 43.6 Å². The highest BCUT2D eigenvalue weighted by Gasteiger charge is 2.20. The zero-order valence-electron chi connectivity index (χ0n) is 12.3. The summed E-state index contributed by atoms with van der Waals surface area (Å²) < 4.78 is 7.81. The van der Waals surface area contributed by atoms with E-state index in [-0.39, 0.29) is 5.78 Å². The molecule has 0 fully saturated rings. The minimum atomic E-state index is -0.0427. The molecule has 3 aromatic rings. The van der Waals surface area contributed by atoms with Crippen LogP contribution in [-0.2, 0) is 6.42 Å². The summed E-state index contributed by atoms with van der Waals surface area (Å²) in [5.41, 5.74) is 2.82. The zero-order chi connectivity index (χ0) is 15.7. The van der Waals surface area contributed by atoms with Crippen LogP contribution in [0.25, 0.3) is 5.65 Å². The van der Waals surface area contributed by atoms with Gasteiger partial charge in [-0.1, -0.05) is 13.0 Å². The van der Waals surface area contributed by atoms with Gasteiger partial charge in [0.25, 0.3) is 0 Å². The predicted octanol–water partition coefficient (Wildman–Crippen LogP) is 3.90. The number of methoxy groups -OCH3 is 1. The van der Waals surface area contributed by atoms with Crippen LogP contribution in [0.1, 0.15) is 28.7 Å². The second-order valence-corrected chi connectivity index (χ2v) is 5.72. The standard InChI is InChI=1S/C17H15BrN2O2/c1-3-13-16(20-9-5-4-6-15(20)19-13)17(21)11-7-8-14(22-2)12(18)10-11/h4-10H,3H2,1-2H3. The number of fused-ring (bicyclic) bond motifs is 1. The van der Waals surface area contributed by atoms with Crippen LogP contribution in [0.15, 0.2) is 47.1 Å².